The predicted octanol–water partition coefficient (Wildman–Crippen LogP) is 2.83. The van der Waals surface area contributed by atoms with Gasteiger partial charge < -0.3 is 26.1 Å². The Labute approximate surface area is 147 Å². The molecule has 1 aromatic rings. The van der Waals surface area contributed by atoms with Gasteiger partial charge in [-0.05, 0) is 43.5 Å². The smallest absolute Gasteiger partial charge is 0.342 e. The van der Waals surface area contributed by atoms with Gasteiger partial charge in [0.15, 0.2) is 0 Å². The second-order valence-electron chi connectivity index (χ2n) is 5.99. The number of aromatic hydroxyl groups is 2. The highest BCUT2D eigenvalue weighted by Gasteiger charge is 2.22. The molecule has 0 fully saturated rings. The van der Waals surface area contributed by atoms with Crippen molar-refractivity contribution >= 4 is 11.7 Å². The first-order chi connectivity index (χ1) is 12.0. The van der Waals surface area contributed by atoms with Gasteiger partial charge in [0, 0.05) is 24.6 Å². The first-order valence-electron chi connectivity index (χ1n) is 8.36. The number of carbonyl (C=O) groups excluding carboxylic acids is 1. The van der Waals surface area contributed by atoms with Crippen LogP contribution in [0.2, 0.25) is 0 Å². The summed E-state index contributed by atoms with van der Waals surface area (Å²) in [4.78, 5) is 12.6. The number of rotatable bonds is 2. The largest absolute Gasteiger partial charge is 0.508 e. The van der Waals surface area contributed by atoms with Gasteiger partial charge in [-0.1, -0.05) is 18.2 Å². The molecule has 0 aromatic heterocycles. The molecule has 6 heteroatoms. The van der Waals surface area contributed by atoms with Crippen LogP contribution in [0.1, 0.15) is 41.6 Å². The molecule has 25 heavy (non-hydrogen) atoms. The summed E-state index contributed by atoms with van der Waals surface area (Å²) in [6, 6.07) is 2.48. The van der Waals surface area contributed by atoms with Crippen LogP contribution in [-0.2, 0) is 11.2 Å². The summed E-state index contributed by atoms with van der Waals surface area (Å²) in [6.45, 7) is 0.383. The van der Waals surface area contributed by atoms with Crippen molar-refractivity contribution in [2.45, 2.75) is 38.2 Å². The van der Waals surface area contributed by atoms with Gasteiger partial charge in [-0.15, -0.1) is 0 Å². The number of phenols is 2. The number of allylic oxidation sites excluding steroid dienone is 3. The minimum Gasteiger partial charge on any atom is -0.508 e. The van der Waals surface area contributed by atoms with Gasteiger partial charge in [0.2, 0.25) is 0 Å². The Morgan fingerprint density at radius 2 is 1.96 bits per heavy atom. The van der Waals surface area contributed by atoms with Crippen LogP contribution in [0.25, 0.3) is 0 Å². The molecule has 0 aliphatic carbocycles. The number of hydrogen-bond acceptors (Lipinski definition) is 6. The molecule has 0 radical (unpaired) electrons. The zero-order chi connectivity index (χ0) is 18.2. The van der Waals surface area contributed by atoms with Gasteiger partial charge in [0.1, 0.15) is 23.2 Å². The van der Waals surface area contributed by atoms with Gasteiger partial charge >= 0.3 is 5.97 Å². The van der Waals surface area contributed by atoms with Crippen LogP contribution in [0.4, 0.5) is 0 Å². The van der Waals surface area contributed by atoms with Crippen LogP contribution < -0.4 is 5.73 Å². The van der Waals surface area contributed by atoms with Crippen LogP contribution in [0.5, 0.6) is 11.5 Å². The highest BCUT2D eigenvalue weighted by atomic mass is 16.5. The van der Waals surface area contributed by atoms with Gasteiger partial charge in [-0.2, -0.15) is 0 Å². The monoisotopic (exact) mass is 344 g/mol. The number of nitrogens with two attached hydrogens (primary N) is 1. The first kappa shape index (κ1) is 18.7. The van der Waals surface area contributed by atoms with Crippen molar-refractivity contribution in [1.29, 1.82) is 5.41 Å². The van der Waals surface area contributed by atoms with Crippen LogP contribution >= 0.6 is 0 Å². The van der Waals surface area contributed by atoms with Crippen molar-refractivity contribution in [3.63, 3.8) is 0 Å². The molecule has 1 aliphatic heterocycles. The van der Waals surface area contributed by atoms with Crippen molar-refractivity contribution in [3.8, 4) is 11.5 Å². The first-order valence-corrected chi connectivity index (χ1v) is 8.36. The summed E-state index contributed by atoms with van der Waals surface area (Å²) in [5, 5.41) is 27.9. The minimum absolute atomic E-state index is 0.0148. The highest BCUT2D eigenvalue weighted by molar-refractivity contribution is 5.99. The summed E-state index contributed by atoms with van der Waals surface area (Å²) in [7, 11) is 0. The fraction of sp³-hybridized carbons (Fsp3) is 0.368. The van der Waals surface area contributed by atoms with E-state index in [9.17, 15) is 15.0 Å². The van der Waals surface area contributed by atoms with Gasteiger partial charge in [0.05, 0.1) is 0 Å². The number of fused-ring (bicyclic) bond motifs is 1. The van der Waals surface area contributed by atoms with Crippen molar-refractivity contribution in [2.24, 2.45) is 5.73 Å². The number of ether oxygens (including phenoxy) is 1. The molecule has 0 bridgehead atoms. The Morgan fingerprint density at radius 3 is 2.72 bits per heavy atom. The molecule has 6 nitrogen and oxygen atoms in total. The standard InChI is InChI=1S/C19H24N2O4/c20-9-8-16-7-5-3-1-2-4-6-14(21)10-13-11-15(22)12-17(23)18(13)19(24)25-16/h3-6,11-12,16,21-23H,1-2,7-10,20H2/b5-3+,6-4+,21-14?. The molecule has 5 N–H and O–H groups in total. The van der Waals surface area contributed by atoms with E-state index in [1.165, 1.54) is 6.07 Å². The average Bonchev–Trinajstić information content (AvgIpc) is 2.52. The van der Waals surface area contributed by atoms with E-state index in [1.807, 2.05) is 18.2 Å². The fourth-order valence-corrected chi connectivity index (χ4v) is 2.71. The Hall–Kier alpha value is -2.60. The number of phenolic OH excluding ortho intramolecular Hbond substituents is 2. The second-order valence-corrected chi connectivity index (χ2v) is 5.99. The van der Waals surface area contributed by atoms with Gasteiger partial charge in [0.25, 0.3) is 0 Å². The van der Waals surface area contributed by atoms with E-state index in [0.717, 1.165) is 18.9 Å². The number of hydrogen-bond donors (Lipinski definition) is 4. The fourth-order valence-electron chi connectivity index (χ4n) is 2.71. The molecule has 2 rings (SSSR count). The molecule has 0 spiro atoms. The van der Waals surface area contributed by atoms with Crippen molar-refractivity contribution in [2.75, 3.05) is 6.54 Å². The van der Waals surface area contributed by atoms with E-state index in [1.54, 1.807) is 6.08 Å². The maximum absolute atomic E-state index is 12.6. The van der Waals surface area contributed by atoms with E-state index >= 15 is 0 Å². The number of cyclic esters (lactones) is 1. The van der Waals surface area contributed by atoms with Gasteiger partial charge in [-0.3, -0.25) is 0 Å². The number of benzene rings is 1. The van der Waals surface area contributed by atoms with Crippen molar-refractivity contribution in [1.82, 2.24) is 0 Å². The van der Waals surface area contributed by atoms with E-state index in [4.69, 9.17) is 15.9 Å². The van der Waals surface area contributed by atoms with Crippen LogP contribution in [0, 0.1) is 5.41 Å². The number of carbonyl (C=O) groups is 1. The second kappa shape index (κ2) is 9.03. The lowest BCUT2D eigenvalue weighted by Crippen LogP contribution is -2.22. The maximum atomic E-state index is 12.6. The Balaban J connectivity index is 2.40. The van der Waals surface area contributed by atoms with Crippen LogP contribution in [0.15, 0.2) is 36.4 Å². The average molecular weight is 344 g/mol. The summed E-state index contributed by atoms with van der Waals surface area (Å²) in [5.74, 6) is -1.19. The highest BCUT2D eigenvalue weighted by Crippen LogP contribution is 2.29. The lowest BCUT2D eigenvalue weighted by molar-refractivity contribution is 0.0290. The summed E-state index contributed by atoms with van der Waals surface area (Å²) < 4.78 is 5.52. The molecule has 1 atom stereocenters. The number of esters is 1. The zero-order valence-electron chi connectivity index (χ0n) is 14.1. The molecule has 1 unspecified atom stereocenters. The van der Waals surface area contributed by atoms with E-state index in [2.05, 4.69) is 0 Å². The van der Waals surface area contributed by atoms with E-state index < -0.39 is 5.97 Å². The Bertz CT molecular complexity index is 695. The molecule has 0 amide bonds. The lowest BCUT2D eigenvalue weighted by Gasteiger charge is -2.18. The quantitative estimate of drug-likeness (QED) is 0.486. The van der Waals surface area contributed by atoms with E-state index in [-0.39, 0.29) is 35.3 Å². The third kappa shape index (κ3) is 5.46. The molecule has 1 heterocycles. The third-order valence-electron chi connectivity index (χ3n) is 3.92. The van der Waals surface area contributed by atoms with E-state index in [0.29, 0.717) is 24.9 Å². The topological polar surface area (TPSA) is 117 Å². The summed E-state index contributed by atoms with van der Waals surface area (Å²) >= 11 is 0. The van der Waals surface area contributed by atoms with Crippen LogP contribution in [0.3, 0.4) is 0 Å². The molecule has 1 aromatic carbocycles. The molecule has 134 valence electrons. The maximum Gasteiger partial charge on any atom is 0.342 e. The van der Waals surface area contributed by atoms with Crippen molar-refractivity contribution in [3.05, 3.63) is 47.6 Å². The molecule has 0 saturated heterocycles. The van der Waals surface area contributed by atoms with Gasteiger partial charge in [-0.25, -0.2) is 4.79 Å². The molecular weight excluding hydrogens is 320 g/mol. The van der Waals surface area contributed by atoms with Crippen LogP contribution in [-0.4, -0.2) is 34.5 Å². The number of nitrogens with one attached hydrogen (secondary N) is 1. The molecular formula is C19H24N2O4. The SMILES string of the molecule is N=C1/C=C/CC/C=C/CC(CCN)OC(=O)c2c(O)cc(O)cc2C1. The molecule has 0 saturated carbocycles. The van der Waals surface area contributed by atoms with Crippen molar-refractivity contribution < 1.29 is 19.7 Å². The Kier molecular flexibility index (Phi) is 6.77. The summed E-state index contributed by atoms with van der Waals surface area (Å²) in [5.41, 5.74) is 6.21. The molecule has 1 aliphatic rings. The zero-order valence-corrected chi connectivity index (χ0v) is 14.1. The minimum atomic E-state index is -0.673. The summed E-state index contributed by atoms with van der Waals surface area (Å²) in [6.07, 6.45) is 9.98. The normalized spacial score (nSPS) is 21.7. The predicted molar refractivity (Wildman–Crippen MR) is 96.2 cm³/mol. The third-order valence-corrected chi connectivity index (χ3v) is 3.92. The lowest BCUT2D eigenvalue weighted by atomic mass is 9.99. The Morgan fingerprint density at radius 1 is 1.20 bits per heavy atom.